The number of carbonyl (C=O) groups is 1. The Morgan fingerprint density at radius 3 is 2.89 bits per heavy atom. The maximum absolute atomic E-state index is 14.1. The molecule has 2 aromatic heterocycles. The lowest BCUT2D eigenvalue weighted by Gasteiger charge is -2.11. The summed E-state index contributed by atoms with van der Waals surface area (Å²) in [7, 11) is 1.80. The summed E-state index contributed by atoms with van der Waals surface area (Å²) >= 11 is 6.16. The molecule has 2 heterocycles. The summed E-state index contributed by atoms with van der Waals surface area (Å²) in [6.07, 6.45) is 6.00. The van der Waals surface area contributed by atoms with Crippen molar-refractivity contribution in [2.75, 3.05) is 16.0 Å². The average Bonchev–Trinajstić information content (AvgIpc) is 3.08. The van der Waals surface area contributed by atoms with Crippen LogP contribution < -0.4 is 16.0 Å². The molecule has 0 spiro atoms. The lowest BCUT2D eigenvalue weighted by atomic mass is 10.2. The molecule has 144 valence electrons. The van der Waals surface area contributed by atoms with E-state index >= 15 is 0 Å². The minimum absolute atomic E-state index is 0.152. The average molecular weight is 402 g/mol. The molecule has 0 saturated carbocycles. The highest BCUT2D eigenvalue weighted by Gasteiger charge is 2.10. The van der Waals surface area contributed by atoms with Crippen LogP contribution in [-0.2, 0) is 18.4 Å². The van der Waals surface area contributed by atoms with E-state index in [0.29, 0.717) is 22.4 Å². The topological polar surface area (TPSA) is 96.8 Å². The van der Waals surface area contributed by atoms with Gasteiger partial charge in [0, 0.05) is 18.9 Å². The SMILES string of the molecule is C=CC(=O)Nc1ccc(F)c(NCc2nc(Nc3cnn(C)c3)ncc2Cl)c1. The fourth-order valence-corrected chi connectivity index (χ4v) is 2.47. The second-order valence-corrected chi connectivity index (χ2v) is 6.16. The number of aromatic nitrogens is 4. The monoisotopic (exact) mass is 401 g/mol. The third-order valence-corrected chi connectivity index (χ3v) is 3.96. The van der Waals surface area contributed by atoms with Gasteiger partial charge in [0.25, 0.3) is 0 Å². The van der Waals surface area contributed by atoms with Gasteiger partial charge in [0.2, 0.25) is 11.9 Å². The number of rotatable bonds is 7. The van der Waals surface area contributed by atoms with E-state index in [9.17, 15) is 9.18 Å². The molecule has 0 unspecified atom stereocenters. The number of hydrogen-bond acceptors (Lipinski definition) is 6. The van der Waals surface area contributed by atoms with Gasteiger partial charge >= 0.3 is 0 Å². The molecule has 0 atom stereocenters. The van der Waals surface area contributed by atoms with Gasteiger partial charge in [0.15, 0.2) is 0 Å². The van der Waals surface area contributed by atoms with Crippen molar-refractivity contribution < 1.29 is 9.18 Å². The van der Waals surface area contributed by atoms with Gasteiger partial charge < -0.3 is 16.0 Å². The molecule has 10 heteroatoms. The predicted octanol–water partition coefficient (Wildman–Crippen LogP) is 3.48. The first-order chi connectivity index (χ1) is 13.4. The van der Waals surface area contributed by atoms with Crippen molar-refractivity contribution in [2.24, 2.45) is 7.05 Å². The Labute approximate surface area is 165 Å². The smallest absolute Gasteiger partial charge is 0.247 e. The van der Waals surface area contributed by atoms with Gasteiger partial charge in [-0.1, -0.05) is 18.2 Å². The predicted molar refractivity (Wildman–Crippen MR) is 106 cm³/mol. The van der Waals surface area contributed by atoms with Crippen LogP contribution in [0.25, 0.3) is 0 Å². The summed E-state index contributed by atoms with van der Waals surface area (Å²) in [5, 5.41) is 12.9. The Hall–Kier alpha value is -3.46. The minimum atomic E-state index is -0.476. The van der Waals surface area contributed by atoms with Crippen molar-refractivity contribution >= 4 is 40.5 Å². The van der Waals surface area contributed by atoms with E-state index in [-0.39, 0.29) is 18.1 Å². The molecule has 3 aromatic rings. The van der Waals surface area contributed by atoms with Crippen LogP contribution in [0.15, 0.2) is 49.4 Å². The molecule has 0 saturated heterocycles. The van der Waals surface area contributed by atoms with Crippen molar-refractivity contribution in [1.82, 2.24) is 19.7 Å². The number of amides is 1. The largest absolute Gasteiger partial charge is 0.377 e. The molecule has 0 aliphatic carbocycles. The summed E-state index contributed by atoms with van der Waals surface area (Å²) in [4.78, 5) is 19.9. The van der Waals surface area contributed by atoms with Crippen molar-refractivity contribution in [3.63, 3.8) is 0 Å². The number of halogens is 2. The van der Waals surface area contributed by atoms with Gasteiger partial charge in [-0.05, 0) is 24.3 Å². The van der Waals surface area contributed by atoms with E-state index < -0.39 is 5.82 Å². The first kappa shape index (κ1) is 19.3. The first-order valence-electron chi connectivity index (χ1n) is 8.18. The Kier molecular flexibility index (Phi) is 5.85. The number of benzene rings is 1. The Bertz CT molecular complexity index is 1020. The molecule has 0 aliphatic heterocycles. The second kappa shape index (κ2) is 8.49. The highest BCUT2D eigenvalue weighted by molar-refractivity contribution is 6.31. The van der Waals surface area contributed by atoms with Crippen LogP contribution in [-0.4, -0.2) is 25.7 Å². The number of nitrogens with zero attached hydrogens (tertiary/aromatic N) is 4. The Balaban J connectivity index is 1.73. The molecule has 8 nitrogen and oxygen atoms in total. The zero-order valence-electron chi connectivity index (χ0n) is 14.9. The van der Waals surface area contributed by atoms with E-state index in [1.807, 2.05) is 0 Å². The Morgan fingerprint density at radius 1 is 1.36 bits per heavy atom. The quantitative estimate of drug-likeness (QED) is 0.524. The standard InChI is InChI=1S/C18H17ClFN7O/c1-3-17(28)24-11-4-5-14(20)15(6-11)21-9-16-13(19)8-22-18(26-16)25-12-7-23-27(2)10-12/h3-8,10,21H,1,9H2,2H3,(H,24,28)(H,22,25,26). The van der Waals surface area contributed by atoms with E-state index in [4.69, 9.17) is 11.6 Å². The molecule has 28 heavy (non-hydrogen) atoms. The molecule has 0 fully saturated rings. The van der Waals surface area contributed by atoms with E-state index in [1.54, 1.807) is 24.1 Å². The van der Waals surface area contributed by atoms with Crippen molar-refractivity contribution in [3.05, 3.63) is 66.0 Å². The zero-order chi connectivity index (χ0) is 20.1. The van der Waals surface area contributed by atoms with Crippen LogP contribution in [0, 0.1) is 5.82 Å². The fraction of sp³-hybridized carbons (Fsp3) is 0.111. The van der Waals surface area contributed by atoms with Crippen LogP contribution in [0.3, 0.4) is 0 Å². The number of aryl methyl sites for hydroxylation is 1. The second-order valence-electron chi connectivity index (χ2n) is 5.76. The lowest BCUT2D eigenvalue weighted by molar-refractivity contribution is -0.111. The summed E-state index contributed by atoms with van der Waals surface area (Å²) in [6, 6.07) is 4.17. The van der Waals surface area contributed by atoms with Crippen LogP contribution in [0.1, 0.15) is 5.69 Å². The third kappa shape index (κ3) is 4.83. The lowest BCUT2D eigenvalue weighted by Crippen LogP contribution is -2.09. The van der Waals surface area contributed by atoms with Gasteiger partial charge in [-0.2, -0.15) is 5.10 Å². The third-order valence-electron chi connectivity index (χ3n) is 3.64. The van der Waals surface area contributed by atoms with Crippen molar-refractivity contribution in [1.29, 1.82) is 0 Å². The molecular formula is C18H17ClFN7O. The maximum atomic E-state index is 14.1. The maximum Gasteiger partial charge on any atom is 0.247 e. The van der Waals surface area contributed by atoms with Crippen LogP contribution in [0.5, 0.6) is 0 Å². The van der Waals surface area contributed by atoms with Crippen LogP contribution >= 0.6 is 11.6 Å². The van der Waals surface area contributed by atoms with Gasteiger partial charge in [0.05, 0.1) is 41.0 Å². The normalized spacial score (nSPS) is 10.4. The number of nitrogens with one attached hydrogen (secondary N) is 3. The summed E-state index contributed by atoms with van der Waals surface area (Å²) in [5.74, 6) is -0.528. The number of hydrogen-bond donors (Lipinski definition) is 3. The van der Waals surface area contributed by atoms with Crippen molar-refractivity contribution in [3.8, 4) is 0 Å². The number of carbonyl (C=O) groups excluding carboxylic acids is 1. The highest BCUT2D eigenvalue weighted by Crippen LogP contribution is 2.22. The van der Waals surface area contributed by atoms with Crippen LogP contribution in [0.4, 0.5) is 27.4 Å². The van der Waals surface area contributed by atoms with Crippen molar-refractivity contribution in [2.45, 2.75) is 6.54 Å². The molecule has 0 radical (unpaired) electrons. The summed E-state index contributed by atoms with van der Waals surface area (Å²) < 4.78 is 15.7. The van der Waals surface area contributed by atoms with Gasteiger partial charge in [-0.25, -0.2) is 14.4 Å². The molecular weight excluding hydrogens is 385 g/mol. The fourth-order valence-electron chi connectivity index (χ4n) is 2.31. The van der Waals surface area contributed by atoms with Gasteiger partial charge in [0.1, 0.15) is 5.82 Å². The number of anilines is 4. The molecule has 1 aromatic carbocycles. The minimum Gasteiger partial charge on any atom is -0.377 e. The van der Waals surface area contributed by atoms with E-state index in [0.717, 1.165) is 11.8 Å². The zero-order valence-corrected chi connectivity index (χ0v) is 15.7. The molecule has 1 amide bonds. The molecule has 3 N–H and O–H groups in total. The summed E-state index contributed by atoms with van der Waals surface area (Å²) in [6.45, 7) is 3.53. The van der Waals surface area contributed by atoms with Crippen LogP contribution in [0.2, 0.25) is 5.02 Å². The molecule has 0 aliphatic rings. The van der Waals surface area contributed by atoms with E-state index in [1.165, 1.54) is 24.4 Å². The highest BCUT2D eigenvalue weighted by atomic mass is 35.5. The molecule has 0 bridgehead atoms. The van der Waals surface area contributed by atoms with Gasteiger partial charge in [-0.3, -0.25) is 9.48 Å². The first-order valence-corrected chi connectivity index (χ1v) is 8.56. The van der Waals surface area contributed by atoms with E-state index in [2.05, 4.69) is 37.6 Å². The van der Waals surface area contributed by atoms with Gasteiger partial charge in [-0.15, -0.1) is 0 Å². The Morgan fingerprint density at radius 2 is 2.18 bits per heavy atom. The summed E-state index contributed by atoms with van der Waals surface area (Å²) in [5.41, 5.74) is 1.82. The molecule has 3 rings (SSSR count).